The number of aromatic amines is 1. The Bertz CT molecular complexity index is 994. The first-order chi connectivity index (χ1) is 14.0. The highest BCUT2D eigenvalue weighted by molar-refractivity contribution is 5.99. The SMILES string of the molecule is C=C(C)c1c[nH]c2ncc(C)c(/C3=C\[C@@H](C)CN(C(=O)OC(C)(C)C)[C@H](C)CC3)c12. The lowest BCUT2D eigenvalue weighted by Crippen LogP contribution is -2.44. The van der Waals surface area contributed by atoms with Crippen LogP contribution in [-0.4, -0.2) is 39.1 Å². The Balaban J connectivity index is 2.00. The molecule has 162 valence electrons. The summed E-state index contributed by atoms with van der Waals surface area (Å²) in [5, 5.41) is 1.15. The molecule has 2 aromatic heterocycles. The number of amides is 1. The number of H-pyrrole nitrogens is 1. The van der Waals surface area contributed by atoms with Crippen molar-refractivity contribution in [1.82, 2.24) is 14.9 Å². The second kappa shape index (κ2) is 8.29. The Morgan fingerprint density at radius 3 is 2.67 bits per heavy atom. The lowest BCUT2D eigenvalue weighted by molar-refractivity contribution is 0.0148. The molecular formula is C25H35N3O2. The van der Waals surface area contributed by atoms with Crippen molar-refractivity contribution in [2.45, 2.75) is 73.0 Å². The van der Waals surface area contributed by atoms with Gasteiger partial charge in [-0.1, -0.05) is 19.6 Å². The third-order valence-corrected chi connectivity index (χ3v) is 5.63. The minimum Gasteiger partial charge on any atom is -0.444 e. The number of allylic oxidation sites excluding steroid dienone is 2. The molecule has 0 bridgehead atoms. The van der Waals surface area contributed by atoms with E-state index in [0.29, 0.717) is 6.54 Å². The number of hydrogen-bond donors (Lipinski definition) is 1. The molecule has 5 nitrogen and oxygen atoms in total. The van der Waals surface area contributed by atoms with E-state index < -0.39 is 5.60 Å². The van der Waals surface area contributed by atoms with Crippen LogP contribution in [0.5, 0.6) is 0 Å². The number of ether oxygens (including phenoxy) is 1. The van der Waals surface area contributed by atoms with Gasteiger partial charge in [0.2, 0.25) is 0 Å². The summed E-state index contributed by atoms with van der Waals surface area (Å²) in [6, 6.07) is 0.107. The van der Waals surface area contributed by atoms with Crippen molar-refractivity contribution in [2.24, 2.45) is 5.92 Å². The van der Waals surface area contributed by atoms with Gasteiger partial charge in [-0.15, -0.1) is 0 Å². The van der Waals surface area contributed by atoms with E-state index in [-0.39, 0.29) is 18.1 Å². The van der Waals surface area contributed by atoms with Gasteiger partial charge in [-0.3, -0.25) is 0 Å². The average molecular weight is 410 g/mol. The minimum absolute atomic E-state index is 0.107. The van der Waals surface area contributed by atoms with Crippen LogP contribution < -0.4 is 0 Å². The van der Waals surface area contributed by atoms with Gasteiger partial charge in [0.1, 0.15) is 11.2 Å². The molecular weight excluding hydrogens is 374 g/mol. The molecule has 0 radical (unpaired) electrons. The fraction of sp³-hybridized carbons (Fsp3) is 0.520. The van der Waals surface area contributed by atoms with Crippen molar-refractivity contribution in [2.75, 3.05) is 6.54 Å². The monoisotopic (exact) mass is 409 g/mol. The van der Waals surface area contributed by atoms with Crippen LogP contribution in [0, 0.1) is 12.8 Å². The maximum absolute atomic E-state index is 12.8. The quantitative estimate of drug-likeness (QED) is 0.629. The Kier molecular flexibility index (Phi) is 6.11. The summed E-state index contributed by atoms with van der Waals surface area (Å²) in [5.41, 5.74) is 6.30. The molecule has 2 aromatic rings. The first kappa shape index (κ1) is 22.1. The van der Waals surface area contributed by atoms with Gasteiger partial charge in [0.05, 0.1) is 0 Å². The van der Waals surface area contributed by atoms with Gasteiger partial charge in [0.15, 0.2) is 0 Å². The summed E-state index contributed by atoms with van der Waals surface area (Å²) in [4.78, 5) is 22.5. The zero-order chi connectivity index (χ0) is 22.2. The van der Waals surface area contributed by atoms with Crippen LogP contribution in [-0.2, 0) is 4.74 Å². The fourth-order valence-electron chi connectivity index (χ4n) is 4.21. The molecule has 0 saturated heterocycles. The molecule has 3 rings (SSSR count). The lowest BCUT2D eigenvalue weighted by Gasteiger charge is -2.35. The zero-order valence-electron chi connectivity index (χ0n) is 19.4. The topological polar surface area (TPSA) is 58.2 Å². The highest BCUT2D eigenvalue weighted by atomic mass is 16.6. The number of nitrogens with zero attached hydrogens (tertiary/aromatic N) is 2. The molecule has 0 fully saturated rings. The lowest BCUT2D eigenvalue weighted by atomic mass is 9.88. The number of carbonyl (C=O) groups excluding carboxylic acids is 1. The van der Waals surface area contributed by atoms with E-state index in [0.717, 1.165) is 35.0 Å². The summed E-state index contributed by atoms with van der Waals surface area (Å²) in [5.74, 6) is 0.213. The Hall–Kier alpha value is -2.56. The molecule has 1 N–H and O–H groups in total. The molecule has 30 heavy (non-hydrogen) atoms. The highest BCUT2D eigenvalue weighted by Gasteiger charge is 2.29. The number of aryl methyl sites for hydroxylation is 1. The fourth-order valence-corrected chi connectivity index (χ4v) is 4.21. The normalized spacial score (nSPS) is 22.2. The van der Waals surface area contributed by atoms with E-state index in [1.54, 1.807) is 0 Å². The molecule has 0 spiro atoms. The second-order valence-electron chi connectivity index (χ2n) is 9.71. The van der Waals surface area contributed by atoms with Crippen molar-refractivity contribution in [3.05, 3.63) is 41.7 Å². The van der Waals surface area contributed by atoms with Crippen molar-refractivity contribution in [3.8, 4) is 0 Å². The standard InChI is InChI=1S/C25H35N3O2/c1-15(2)20-13-27-23-22(20)21(17(4)12-26-23)19-10-9-18(5)28(14-16(3)11-19)24(29)30-25(6,7)8/h11-13,16,18H,1,9-10,14H2,2-8H3,(H,26,27)/b19-11-/t16-,18-/m1/s1. The van der Waals surface area contributed by atoms with Crippen LogP contribution in [0.4, 0.5) is 4.79 Å². The van der Waals surface area contributed by atoms with E-state index >= 15 is 0 Å². The summed E-state index contributed by atoms with van der Waals surface area (Å²) in [7, 11) is 0. The minimum atomic E-state index is -0.490. The molecule has 1 amide bonds. The van der Waals surface area contributed by atoms with Crippen LogP contribution >= 0.6 is 0 Å². The van der Waals surface area contributed by atoms with Crippen molar-refractivity contribution in [3.63, 3.8) is 0 Å². The van der Waals surface area contributed by atoms with Crippen LogP contribution in [0.2, 0.25) is 0 Å². The van der Waals surface area contributed by atoms with Crippen LogP contribution in [0.25, 0.3) is 22.2 Å². The second-order valence-corrected chi connectivity index (χ2v) is 9.71. The number of rotatable bonds is 2. The van der Waals surface area contributed by atoms with Gasteiger partial charge in [-0.25, -0.2) is 9.78 Å². The van der Waals surface area contributed by atoms with E-state index in [1.807, 2.05) is 45.0 Å². The number of nitrogens with one attached hydrogen (secondary N) is 1. The van der Waals surface area contributed by atoms with E-state index in [1.165, 1.54) is 16.7 Å². The van der Waals surface area contributed by atoms with Gasteiger partial charge >= 0.3 is 6.09 Å². The van der Waals surface area contributed by atoms with Gasteiger partial charge < -0.3 is 14.6 Å². The molecule has 3 heterocycles. The third kappa shape index (κ3) is 4.61. The molecule has 0 aliphatic carbocycles. The molecule has 0 saturated carbocycles. The highest BCUT2D eigenvalue weighted by Crippen LogP contribution is 2.36. The number of fused-ring (bicyclic) bond motifs is 1. The summed E-state index contributed by atoms with van der Waals surface area (Å²) in [6.45, 7) is 19.0. The molecule has 0 unspecified atom stereocenters. The summed E-state index contributed by atoms with van der Waals surface area (Å²) < 4.78 is 5.66. The number of aromatic nitrogens is 2. The molecule has 1 aliphatic rings. The molecule has 1 aliphatic heterocycles. The van der Waals surface area contributed by atoms with Gasteiger partial charge in [0.25, 0.3) is 0 Å². The van der Waals surface area contributed by atoms with E-state index in [9.17, 15) is 4.79 Å². The predicted molar refractivity (Wildman–Crippen MR) is 124 cm³/mol. The maximum Gasteiger partial charge on any atom is 0.410 e. The summed E-state index contributed by atoms with van der Waals surface area (Å²) >= 11 is 0. The van der Waals surface area contributed by atoms with Crippen molar-refractivity contribution >= 4 is 28.3 Å². The van der Waals surface area contributed by atoms with Gasteiger partial charge in [-0.05, 0) is 82.6 Å². The Labute approximate surface area is 180 Å². The van der Waals surface area contributed by atoms with Crippen molar-refractivity contribution < 1.29 is 9.53 Å². The smallest absolute Gasteiger partial charge is 0.410 e. The van der Waals surface area contributed by atoms with Crippen LogP contribution in [0.15, 0.2) is 25.0 Å². The van der Waals surface area contributed by atoms with Gasteiger partial charge in [-0.2, -0.15) is 0 Å². The van der Waals surface area contributed by atoms with E-state index in [2.05, 4.69) is 43.4 Å². The first-order valence-corrected chi connectivity index (χ1v) is 10.8. The number of pyridine rings is 1. The first-order valence-electron chi connectivity index (χ1n) is 10.8. The van der Waals surface area contributed by atoms with Crippen LogP contribution in [0.3, 0.4) is 0 Å². The Morgan fingerprint density at radius 2 is 2.03 bits per heavy atom. The van der Waals surface area contributed by atoms with Gasteiger partial charge in [0, 0.05) is 35.9 Å². The number of carbonyl (C=O) groups is 1. The predicted octanol–water partition coefficient (Wildman–Crippen LogP) is 6.34. The molecule has 0 aromatic carbocycles. The Morgan fingerprint density at radius 1 is 1.33 bits per heavy atom. The molecule has 5 heteroatoms. The number of hydrogen-bond acceptors (Lipinski definition) is 3. The molecule has 2 atom stereocenters. The maximum atomic E-state index is 12.8. The van der Waals surface area contributed by atoms with Crippen LogP contribution in [0.1, 0.15) is 71.1 Å². The van der Waals surface area contributed by atoms with Crippen molar-refractivity contribution in [1.29, 1.82) is 0 Å². The third-order valence-electron chi connectivity index (χ3n) is 5.63. The average Bonchev–Trinajstić information content (AvgIpc) is 3.04. The largest absolute Gasteiger partial charge is 0.444 e. The zero-order valence-corrected chi connectivity index (χ0v) is 19.4. The summed E-state index contributed by atoms with van der Waals surface area (Å²) in [6.07, 6.45) is 7.82. The van der Waals surface area contributed by atoms with E-state index in [4.69, 9.17) is 4.74 Å².